The highest BCUT2D eigenvalue weighted by atomic mass is 19.1. The number of imide groups is 1. The van der Waals surface area contributed by atoms with Crippen molar-refractivity contribution in [2.75, 3.05) is 26.3 Å². The van der Waals surface area contributed by atoms with E-state index in [9.17, 15) is 18.8 Å². The maximum absolute atomic E-state index is 13.5. The Morgan fingerprint density at radius 1 is 1.14 bits per heavy atom. The lowest BCUT2D eigenvalue weighted by Crippen LogP contribution is -2.51. The summed E-state index contributed by atoms with van der Waals surface area (Å²) in [6.45, 7) is 7.86. The molecule has 2 saturated heterocycles. The van der Waals surface area contributed by atoms with E-state index < -0.39 is 11.6 Å². The predicted octanol–water partition coefficient (Wildman–Crippen LogP) is 3.91. The molecular weight excluding hydrogens is 449 g/mol. The second-order valence-electron chi connectivity index (χ2n) is 11.2. The molecule has 1 spiro atoms. The molecule has 1 aromatic rings. The van der Waals surface area contributed by atoms with Gasteiger partial charge >= 0.3 is 6.03 Å². The van der Waals surface area contributed by atoms with E-state index in [2.05, 4.69) is 31.4 Å². The van der Waals surface area contributed by atoms with Crippen LogP contribution in [0.25, 0.3) is 0 Å². The zero-order chi connectivity index (χ0) is 25.3. The molecule has 1 aromatic carbocycles. The van der Waals surface area contributed by atoms with Crippen LogP contribution in [0.1, 0.15) is 71.3 Å². The summed E-state index contributed by atoms with van der Waals surface area (Å²) in [5.41, 5.74) is -0.0984. The molecule has 3 aliphatic rings. The van der Waals surface area contributed by atoms with E-state index in [1.807, 2.05) is 0 Å². The molecule has 2 heterocycles. The number of urea groups is 1. The first-order valence-corrected chi connectivity index (χ1v) is 12.9. The summed E-state index contributed by atoms with van der Waals surface area (Å²) in [6, 6.07) is 5.88. The maximum atomic E-state index is 13.5. The number of carbonyl (C=O) groups is 3. The minimum atomic E-state index is -0.881. The largest absolute Gasteiger partial charge is 0.381 e. The van der Waals surface area contributed by atoms with Crippen molar-refractivity contribution in [2.45, 2.75) is 76.7 Å². The lowest BCUT2D eigenvalue weighted by Gasteiger charge is -2.42. The molecule has 0 radical (unpaired) electrons. The molecule has 1 saturated carbocycles. The molecule has 4 amide bonds. The molecule has 3 fully saturated rings. The Kier molecular flexibility index (Phi) is 7.23. The summed E-state index contributed by atoms with van der Waals surface area (Å²) in [6.07, 6.45) is 5.45. The second kappa shape index (κ2) is 9.88. The molecule has 1 aliphatic carbocycles. The Morgan fingerprint density at radius 3 is 2.37 bits per heavy atom. The average Bonchev–Trinajstić information content (AvgIpc) is 3.08. The van der Waals surface area contributed by atoms with E-state index in [-0.39, 0.29) is 35.0 Å². The lowest BCUT2D eigenvalue weighted by atomic mass is 9.65. The maximum Gasteiger partial charge on any atom is 0.325 e. The van der Waals surface area contributed by atoms with Gasteiger partial charge in [0.1, 0.15) is 17.9 Å². The number of nitrogens with one attached hydrogen (secondary N) is 2. The van der Waals surface area contributed by atoms with Crippen LogP contribution in [0.4, 0.5) is 9.18 Å². The number of ether oxygens (including phenoxy) is 1. The van der Waals surface area contributed by atoms with Crippen LogP contribution in [-0.2, 0) is 19.7 Å². The van der Waals surface area contributed by atoms with Gasteiger partial charge in [-0.25, -0.2) is 9.18 Å². The van der Waals surface area contributed by atoms with Crippen molar-refractivity contribution >= 4 is 17.8 Å². The van der Waals surface area contributed by atoms with E-state index >= 15 is 0 Å². The number of carbonyl (C=O) groups excluding carboxylic acids is 3. The van der Waals surface area contributed by atoms with Crippen molar-refractivity contribution in [3.63, 3.8) is 0 Å². The molecule has 35 heavy (non-hydrogen) atoms. The van der Waals surface area contributed by atoms with Gasteiger partial charge in [-0.3, -0.25) is 14.5 Å². The minimum absolute atomic E-state index is 0.206. The zero-order valence-electron chi connectivity index (χ0n) is 21.1. The molecule has 192 valence electrons. The molecule has 2 aliphatic heterocycles. The second-order valence-corrected chi connectivity index (χ2v) is 11.2. The van der Waals surface area contributed by atoms with Crippen molar-refractivity contribution in [1.82, 2.24) is 15.5 Å². The standard InChI is InChI=1S/C27H38FN3O4/c1-4-25(2,3)19-9-11-27(12-10-19)23(33)31(24(34)30-27)17-22(32)29-18-26(13-15-35-16-14-26)20-5-7-21(28)8-6-20/h5-8,19H,4,9-18H2,1-3H3,(H,29,32)(H,30,34). The summed E-state index contributed by atoms with van der Waals surface area (Å²) in [5, 5.41) is 5.85. The number of hydrogen-bond donors (Lipinski definition) is 2. The van der Waals surface area contributed by atoms with Gasteiger partial charge in [0.25, 0.3) is 5.91 Å². The number of nitrogens with zero attached hydrogens (tertiary/aromatic N) is 1. The van der Waals surface area contributed by atoms with Gasteiger partial charge in [-0.05, 0) is 67.6 Å². The van der Waals surface area contributed by atoms with Gasteiger partial charge in [-0.15, -0.1) is 0 Å². The highest BCUT2D eigenvalue weighted by Crippen LogP contribution is 2.45. The fraction of sp³-hybridized carbons (Fsp3) is 0.667. The Bertz CT molecular complexity index is 948. The fourth-order valence-corrected chi connectivity index (χ4v) is 5.94. The molecule has 0 atom stereocenters. The molecule has 0 aromatic heterocycles. The normalized spacial score (nSPS) is 26.6. The first-order chi connectivity index (χ1) is 16.6. The van der Waals surface area contributed by atoms with Crippen molar-refractivity contribution in [2.24, 2.45) is 11.3 Å². The van der Waals surface area contributed by atoms with Crippen LogP contribution in [0, 0.1) is 17.2 Å². The van der Waals surface area contributed by atoms with Crippen LogP contribution in [0.3, 0.4) is 0 Å². The van der Waals surface area contributed by atoms with Gasteiger partial charge in [0.05, 0.1) is 0 Å². The van der Waals surface area contributed by atoms with Gasteiger partial charge in [0.2, 0.25) is 5.91 Å². The summed E-state index contributed by atoms with van der Waals surface area (Å²) in [7, 11) is 0. The number of rotatable bonds is 7. The number of halogens is 1. The Hall–Kier alpha value is -2.48. The Morgan fingerprint density at radius 2 is 1.77 bits per heavy atom. The van der Waals surface area contributed by atoms with E-state index in [1.165, 1.54) is 12.1 Å². The smallest absolute Gasteiger partial charge is 0.325 e. The molecule has 0 unspecified atom stereocenters. The van der Waals surface area contributed by atoms with Crippen molar-refractivity contribution in [3.05, 3.63) is 35.6 Å². The van der Waals surface area contributed by atoms with E-state index in [4.69, 9.17) is 4.74 Å². The van der Waals surface area contributed by atoms with Crippen molar-refractivity contribution in [3.8, 4) is 0 Å². The third-order valence-electron chi connectivity index (χ3n) is 8.93. The van der Waals surface area contributed by atoms with Gasteiger partial charge in [0, 0.05) is 25.2 Å². The van der Waals surface area contributed by atoms with Gasteiger partial charge < -0.3 is 15.4 Å². The van der Waals surface area contributed by atoms with Gasteiger partial charge in [-0.2, -0.15) is 0 Å². The van der Waals surface area contributed by atoms with E-state index in [0.717, 1.165) is 29.7 Å². The van der Waals surface area contributed by atoms with Crippen LogP contribution in [0.2, 0.25) is 0 Å². The summed E-state index contributed by atoms with van der Waals surface area (Å²) >= 11 is 0. The summed E-state index contributed by atoms with van der Waals surface area (Å²) < 4.78 is 19.0. The molecule has 7 nitrogen and oxygen atoms in total. The third-order valence-corrected chi connectivity index (χ3v) is 8.93. The van der Waals surface area contributed by atoms with Crippen LogP contribution >= 0.6 is 0 Å². The summed E-state index contributed by atoms with van der Waals surface area (Å²) in [4.78, 5) is 39.9. The number of benzene rings is 1. The van der Waals surface area contributed by atoms with Gasteiger partial charge in [0.15, 0.2) is 0 Å². The van der Waals surface area contributed by atoms with Crippen molar-refractivity contribution in [1.29, 1.82) is 0 Å². The predicted molar refractivity (Wildman–Crippen MR) is 130 cm³/mol. The monoisotopic (exact) mass is 487 g/mol. The highest BCUT2D eigenvalue weighted by Gasteiger charge is 2.53. The van der Waals surface area contributed by atoms with E-state index in [0.29, 0.717) is 51.4 Å². The average molecular weight is 488 g/mol. The van der Waals surface area contributed by atoms with Crippen LogP contribution in [-0.4, -0.2) is 54.6 Å². The molecule has 0 bridgehead atoms. The molecule has 4 rings (SSSR count). The van der Waals surface area contributed by atoms with Gasteiger partial charge in [-0.1, -0.05) is 39.3 Å². The van der Waals surface area contributed by atoms with Crippen molar-refractivity contribution < 1.29 is 23.5 Å². The quantitative estimate of drug-likeness (QED) is 0.571. The first kappa shape index (κ1) is 25.6. The zero-order valence-corrected chi connectivity index (χ0v) is 21.1. The first-order valence-electron chi connectivity index (χ1n) is 12.9. The SMILES string of the molecule is CCC(C)(C)C1CCC2(CC1)NC(=O)N(CC(=O)NCC1(c3ccc(F)cc3)CCOCC1)C2=O. The van der Waals surface area contributed by atoms with Crippen LogP contribution in [0.15, 0.2) is 24.3 Å². The lowest BCUT2D eigenvalue weighted by molar-refractivity contribution is -0.136. The number of hydrogen-bond acceptors (Lipinski definition) is 4. The fourth-order valence-electron chi connectivity index (χ4n) is 5.94. The number of amides is 4. The van der Waals surface area contributed by atoms with Crippen LogP contribution < -0.4 is 10.6 Å². The topological polar surface area (TPSA) is 87.7 Å². The third kappa shape index (κ3) is 5.08. The Balaban J connectivity index is 1.38. The van der Waals surface area contributed by atoms with Crippen LogP contribution in [0.5, 0.6) is 0 Å². The summed E-state index contributed by atoms with van der Waals surface area (Å²) in [5.74, 6) is -0.453. The minimum Gasteiger partial charge on any atom is -0.381 e. The molecule has 2 N–H and O–H groups in total. The Labute approximate surface area is 207 Å². The molecular formula is C27H38FN3O4. The van der Waals surface area contributed by atoms with E-state index in [1.54, 1.807) is 12.1 Å². The molecule has 8 heteroatoms. The highest BCUT2D eigenvalue weighted by molar-refractivity contribution is 6.09.